The lowest BCUT2D eigenvalue weighted by molar-refractivity contribution is -0.134. The predicted molar refractivity (Wildman–Crippen MR) is 76.9 cm³/mol. The molecule has 4 heteroatoms. The van der Waals surface area contributed by atoms with Gasteiger partial charge in [0.2, 0.25) is 5.91 Å². The van der Waals surface area contributed by atoms with Crippen LogP contribution in [0, 0.1) is 5.92 Å². The Balaban J connectivity index is 2.67. The number of nitrogens with zero attached hydrogens (tertiary/aromatic N) is 1. The smallest absolute Gasteiger partial charge is 0.226 e. The summed E-state index contributed by atoms with van der Waals surface area (Å²) in [4.78, 5) is 14.0. The van der Waals surface area contributed by atoms with Crippen molar-refractivity contribution in [2.45, 2.75) is 26.3 Å². The van der Waals surface area contributed by atoms with Crippen LogP contribution >= 0.6 is 0 Å². The highest BCUT2D eigenvalue weighted by atomic mass is 16.5. The topological polar surface area (TPSA) is 55.6 Å². The lowest BCUT2D eigenvalue weighted by Gasteiger charge is -2.23. The number of ether oxygens (including phenoxy) is 1. The van der Waals surface area contributed by atoms with Crippen LogP contribution < -0.4 is 10.5 Å². The number of carbonyl (C=O) groups excluding carboxylic acids is 1. The molecule has 1 aromatic carbocycles. The van der Waals surface area contributed by atoms with E-state index >= 15 is 0 Å². The van der Waals surface area contributed by atoms with Crippen molar-refractivity contribution in [2.75, 3.05) is 20.7 Å². The van der Waals surface area contributed by atoms with E-state index < -0.39 is 0 Å². The number of amides is 1. The zero-order valence-electron chi connectivity index (χ0n) is 12.1. The van der Waals surface area contributed by atoms with Crippen molar-refractivity contribution in [3.05, 3.63) is 29.8 Å². The van der Waals surface area contributed by atoms with Gasteiger partial charge in [-0.15, -0.1) is 0 Å². The highest BCUT2D eigenvalue weighted by molar-refractivity contribution is 5.78. The second kappa shape index (κ2) is 7.79. The van der Waals surface area contributed by atoms with E-state index in [-0.39, 0.29) is 11.8 Å². The second-order valence-electron chi connectivity index (χ2n) is 4.77. The minimum Gasteiger partial charge on any atom is -0.497 e. The molecule has 4 nitrogen and oxygen atoms in total. The Morgan fingerprint density at radius 3 is 2.79 bits per heavy atom. The van der Waals surface area contributed by atoms with Gasteiger partial charge < -0.3 is 15.4 Å². The molecule has 1 rings (SSSR count). The van der Waals surface area contributed by atoms with Crippen LogP contribution in [0.2, 0.25) is 0 Å². The van der Waals surface area contributed by atoms with Crippen LogP contribution in [0.4, 0.5) is 0 Å². The zero-order chi connectivity index (χ0) is 14.3. The standard InChI is InChI=1S/C15H24N2O2/c1-4-6-13(10-16)15(18)17(2)11-12-7-5-8-14(9-12)19-3/h5,7-9,13H,4,6,10-11,16H2,1-3H3. The minimum absolute atomic E-state index is 0.0689. The molecule has 1 aromatic rings. The number of methoxy groups -OCH3 is 1. The molecule has 1 unspecified atom stereocenters. The van der Waals surface area contributed by atoms with Crippen LogP contribution in [0.5, 0.6) is 5.75 Å². The molecule has 1 atom stereocenters. The Kier molecular flexibility index (Phi) is 6.36. The third-order valence-corrected chi connectivity index (χ3v) is 3.20. The Labute approximate surface area is 115 Å². The summed E-state index contributed by atoms with van der Waals surface area (Å²) in [6, 6.07) is 7.76. The number of benzene rings is 1. The number of hydrogen-bond donors (Lipinski definition) is 1. The Bertz CT molecular complexity index is 407. The molecular weight excluding hydrogens is 240 g/mol. The highest BCUT2D eigenvalue weighted by Crippen LogP contribution is 2.15. The van der Waals surface area contributed by atoms with Gasteiger partial charge in [0.05, 0.1) is 13.0 Å². The molecule has 106 valence electrons. The average Bonchev–Trinajstić information content (AvgIpc) is 2.44. The van der Waals surface area contributed by atoms with E-state index in [1.807, 2.05) is 31.3 Å². The van der Waals surface area contributed by atoms with Gasteiger partial charge in [-0.1, -0.05) is 25.5 Å². The van der Waals surface area contributed by atoms with Gasteiger partial charge in [0.15, 0.2) is 0 Å². The van der Waals surface area contributed by atoms with Crippen LogP contribution in [0.25, 0.3) is 0 Å². The van der Waals surface area contributed by atoms with Crippen molar-refractivity contribution >= 4 is 5.91 Å². The van der Waals surface area contributed by atoms with Crippen LogP contribution in [-0.4, -0.2) is 31.5 Å². The molecule has 2 N–H and O–H groups in total. The zero-order valence-corrected chi connectivity index (χ0v) is 12.1. The summed E-state index contributed by atoms with van der Waals surface area (Å²) in [5.74, 6) is 0.857. The summed E-state index contributed by atoms with van der Waals surface area (Å²) in [7, 11) is 3.46. The van der Waals surface area contributed by atoms with Gasteiger partial charge in [0.1, 0.15) is 5.75 Å². The monoisotopic (exact) mass is 264 g/mol. The molecule has 0 fully saturated rings. The molecule has 1 amide bonds. The largest absolute Gasteiger partial charge is 0.497 e. The van der Waals surface area contributed by atoms with E-state index in [4.69, 9.17) is 10.5 Å². The lowest BCUT2D eigenvalue weighted by atomic mass is 10.0. The maximum Gasteiger partial charge on any atom is 0.226 e. The number of rotatable bonds is 7. The fourth-order valence-electron chi connectivity index (χ4n) is 2.12. The Morgan fingerprint density at radius 2 is 2.21 bits per heavy atom. The first kappa shape index (κ1) is 15.5. The van der Waals surface area contributed by atoms with E-state index in [0.29, 0.717) is 13.1 Å². The molecule has 0 saturated heterocycles. The third kappa shape index (κ3) is 4.56. The maximum absolute atomic E-state index is 12.2. The second-order valence-corrected chi connectivity index (χ2v) is 4.77. The highest BCUT2D eigenvalue weighted by Gasteiger charge is 2.19. The molecule has 0 aliphatic carbocycles. The van der Waals surface area contributed by atoms with Crippen LogP contribution in [0.15, 0.2) is 24.3 Å². The molecule has 0 bridgehead atoms. The first-order valence-electron chi connectivity index (χ1n) is 6.70. The van der Waals surface area contributed by atoms with Crippen LogP contribution in [0.1, 0.15) is 25.3 Å². The summed E-state index contributed by atoms with van der Waals surface area (Å²) < 4.78 is 5.18. The molecule has 0 radical (unpaired) electrons. The van der Waals surface area contributed by atoms with Crippen LogP contribution in [-0.2, 0) is 11.3 Å². The number of carbonyl (C=O) groups is 1. The van der Waals surface area contributed by atoms with Crippen LogP contribution in [0.3, 0.4) is 0 Å². The van der Waals surface area contributed by atoms with Gasteiger partial charge in [-0.2, -0.15) is 0 Å². The third-order valence-electron chi connectivity index (χ3n) is 3.20. The van der Waals surface area contributed by atoms with Crippen molar-refractivity contribution < 1.29 is 9.53 Å². The van der Waals surface area contributed by atoms with E-state index in [2.05, 4.69) is 6.92 Å². The van der Waals surface area contributed by atoms with Crippen molar-refractivity contribution in [2.24, 2.45) is 11.7 Å². The SMILES string of the molecule is CCCC(CN)C(=O)N(C)Cc1cccc(OC)c1. The molecular formula is C15H24N2O2. The molecule has 19 heavy (non-hydrogen) atoms. The van der Waals surface area contributed by atoms with Crippen molar-refractivity contribution in [1.82, 2.24) is 4.90 Å². The molecule has 0 aromatic heterocycles. The molecule has 0 aliphatic heterocycles. The predicted octanol–water partition coefficient (Wildman–Crippen LogP) is 2.03. The summed E-state index contributed by atoms with van der Waals surface area (Å²) in [6.45, 7) is 3.06. The molecule has 0 saturated carbocycles. The van der Waals surface area contributed by atoms with E-state index in [1.54, 1.807) is 12.0 Å². The Hall–Kier alpha value is -1.55. The van der Waals surface area contributed by atoms with E-state index in [0.717, 1.165) is 24.2 Å². The van der Waals surface area contributed by atoms with Gasteiger partial charge in [-0.25, -0.2) is 0 Å². The molecule has 0 aliphatic rings. The maximum atomic E-state index is 12.2. The summed E-state index contributed by atoms with van der Waals surface area (Å²) in [5, 5.41) is 0. The average molecular weight is 264 g/mol. The van der Waals surface area contributed by atoms with Gasteiger partial charge in [0, 0.05) is 20.1 Å². The summed E-state index contributed by atoms with van der Waals surface area (Å²) in [5.41, 5.74) is 6.73. The molecule has 0 spiro atoms. The fraction of sp³-hybridized carbons (Fsp3) is 0.533. The summed E-state index contributed by atoms with van der Waals surface area (Å²) >= 11 is 0. The van der Waals surface area contributed by atoms with E-state index in [9.17, 15) is 4.79 Å². The Morgan fingerprint density at radius 1 is 1.47 bits per heavy atom. The lowest BCUT2D eigenvalue weighted by Crippen LogP contribution is -2.36. The van der Waals surface area contributed by atoms with Crippen molar-refractivity contribution in [1.29, 1.82) is 0 Å². The first-order chi connectivity index (χ1) is 9.12. The van der Waals surface area contributed by atoms with Gasteiger partial charge >= 0.3 is 0 Å². The van der Waals surface area contributed by atoms with Gasteiger partial charge in [-0.3, -0.25) is 4.79 Å². The number of nitrogens with two attached hydrogens (primary N) is 1. The van der Waals surface area contributed by atoms with Gasteiger partial charge in [-0.05, 0) is 24.1 Å². The normalized spacial score (nSPS) is 12.0. The minimum atomic E-state index is -0.0689. The van der Waals surface area contributed by atoms with Crippen molar-refractivity contribution in [3.8, 4) is 5.75 Å². The molecule has 0 heterocycles. The van der Waals surface area contributed by atoms with E-state index in [1.165, 1.54) is 0 Å². The number of hydrogen-bond acceptors (Lipinski definition) is 3. The fourth-order valence-corrected chi connectivity index (χ4v) is 2.12. The quantitative estimate of drug-likeness (QED) is 0.820. The van der Waals surface area contributed by atoms with Crippen molar-refractivity contribution in [3.63, 3.8) is 0 Å². The summed E-state index contributed by atoms with van der Waals surface area (Å²) in [6.07, 6.45) is 1.82. The first-order valence-corrected chi connectivity index (χ1v) is 6.70. The van der Waals surface area contributed by atoms with Gasteiger partial charge in [0.25, 0.3) is 0 Å².